The first kappa shape index (κ1) is 22.0. The number of amides is 3. The van der Waals surface area contributed by atoms with E-state index >= 15 is 0 Å². The zero-order valence-electron chi connectivity index (χ0n) is 17.4. The summed E-state index contributed by atoms with van der Waals surface area (Å²) in [6.45, 7) is 5.73. The number of benzene rings is 1. The summed E-state index contributed by atoms with van der Waals surface area (Å²) < 4.78 is 2.61. The number of nitrogens with one attached hydrogen (secondary N) is 2. The van der Waals surface area contributed by atoms with Crippen molar-refractivity contribution in [2.75, 3.05) is 32.7 Å². The quantitative estimate of drug-likeness (QED) is 0.307. The van der Waals surface area contributed by atoms with E-state index in [0.29, 0.717) is 44.1 Å². The third-order valence-electron chi connectivity index (χ3n) is 5.59. The summed E-state index contributed by atoms with van der Waals surface area (Å²) in [6.07, 6.45) is 2.98. The Kier molecular flexibility index (Phi) is 6.28. The van der Waals surface area contributed by atoms with E-state index in [2.05, 4.69) is 38.2 Å². The minimum atomic E-state index is -0.181. The van der Waals surface area contributed by atoms with Crippen molar-refractivity contribution in [3.8, 4) is 0 Å². The van der Waals surface area contributed by atoms with Crippen molar-refractivity contribution in [3.05, 3.63) is 47.1 Å². The number of nitrogens with two attached hydrogens (primary N) is 1. The summed E-state index contributed by atoms with van der Waals surface area (Å²) in [4.78, 5) is 45.0. The van der Waals surface area contributed by atoms with Crippen molar-refractivity contribution in [3.63, 3.8) is 0 Å². The van der Waals surface area contributed by atoms with Gasteiger partial charge in [0, 0.05) is 41.2 Å². The van der Waals surface area contributed by atoms with E-state index in [1.807, 2.05) is 18.2 Å². The molecule has 1 fully saturated rings. The summed E-state index contributed by atoms with van der Waals surface area (Å²) >= 11 is 3.47. The fraction of sp³-hybridized carbons (Fsp3) is 0.333. The number of carbonyl (C=O) groups excluding carboxylic acids is 3. The SMILES string of the molecule is C=CC(=O)N1CC(NC(=O)Cn2cc(C(=O)N3CCN=C(NN)C3)c3cc(Br)ccc32)C1. The number of nitrogens with zero attached hydrogens (tertiary/aromatic N) is 4. The minimum absolute atomic E-state index is 0.0639. The van der Waals surface area contributed by atoms with Gasteiger partial charge >= 0.3 is 0 Å². The van der Waals surface area contributed by atoms with Crippen LogP contribution < -0.4 is 16.6 Å². The monoisotopic (exact) mass is 501 g/mol. The van der Waals surface area contributed by atoms with Crippen molar-refractivity contribution < 1.29 is 14.4 Å². The van der Waals surface area contributed by atoms with E-state index in [1.165, 1.54) is 6.08 Å². The standard InChI is InChI=1S/C21H24BrN7O3/c1-2-20(31)29-8-14(9-29)25-19(30)12-28-10-16(15-7-13(22)3-4-17(15)28)21(32)27-6-5-24-18(11-27)26-23/h2-4,7,10,14H,1,5-6,8-9,11-12,23H2,(H,24,26)(H,25,30). The predicted octanol–water partition coefficient (Wildman–Crippen LogP) is 0.234. The Labute approximate surface area is 193 Å². The average molecular weight is 502 g/mol. The van der Waals surface area contributed by atoms with Crippen LogP contribution in [0.2, 0.25) is 0 Å². The Hall–Kier alpha value is -3.18. The van der Waals surface area contributed by atoms with E-state index in [1.54, 1.807) is 20.6 Å². The molecule has 0 radical (unpaired) electrons. The molecule has 4 N–H and O–H groups in total. The molecule has 2 aromatic rings. The molecule has 0 spiro atoms. The number of halogens is 1. The molecule has 32 heavy (non-hydrogen) atoms. The molecule has 1 saturated heterocycles. The van der Waals surface area contributed by atoms with E-state index in [0.717, 1.165) is 15.4 Å². The smallest absolute Gasteiger partial charge is 0.256 e. The second-order valence-corrected chi connectivity index (χ2v) is 8.66. The van der Waals surface area contributed by atoms with Gasteiger partial charge in [-0.1, -0.05) is 22.5 Å². The highest BCUT2D eigenvalue weighted by atomic mass is 79.9. The van der Waals surface area contributed by atoms with Gasteiger partial charge in [0.1, 0.15) is 12.4 Å². The molecule has 4 rings (SSSR count). The Morgan fingerprint density at radius 2 is 2.06 bits per heavy atom. The lowest BCUT2D eigenvalue weighted by molar-refractivity contribution is -0.133. The number of aromatic nitrogens is 1. The third-order valence-corrected chi connectivity index (χ3v) is 6.08. The van der Waals surface area contributed by atoms with Crippen molar-refractivity contribution in [2.24, 2.45) is 10.8 Å². The van der Waals surface area contributed by atoms with Crippen LogP contribution in [0.25, 0.3) is 10.9 Å². The molecule has 0 bridgehead atoms. The summed E-state index contributed by atoms with van der Waals surface area (Å²) in [5, 5.41) is 3.69. The number of fused-ring (bicyclic) bond motifs is 1. The van der Waals surface area contributed by atoms with Crippen molar-refractivity contribution in [1.82, 2.24) is 25.1 Å². The zero-order valence-corrected chi connectivity index (χ0v) is 19.0. The van der Waals surface area contributed by atoms with Crippen LogP contribution in [0.1, 0.15) is 10.4 Å². The van der Waals surface area contributed by atoms with Crippen LogP contribution in [0.4, 0.5) is 0 Å². The molecule has 0 atom stereocenters. The number of carbonyl (C=O) groups is 3. The fourth-order valence-electron chi connectivity index (χ4n) is 3.93. The average Bonchev–Trinajstić information content (AvgIpc) is 3.12. The molecule has 3 heterocycles. The summed E-state index contributed by atoms with van der Waals surface area (Å²) in [5.41, 5.74) is 3.82. The Balaban J connectivity index is 1.51. The number of amidine groups is 1. The fourth-order valence-corrected chi connectivity index (χ4v) is 4.29. The lowest BCUT2D eigenvalue weighted by Crippen LogP contribution is -2.61. The van der Waals surface area contributed by atoms with Gasteiger partial charge in [-0.2, -0.15) is 0 Å². The molecular weight excluding hydrogens is 478 g/mol. The van der Waals surface area contributed by atoms with Crippen LogP contribution in [0.15, 0.2) is 46.5 Å². The van der Waals surface area contributed by atoms with E-state index in [-0.39, 0.29) is 30.3 Å². The number of rotatable bonds is 5. The highest BCUT2D eigenvalue weighted by Gasteiger charge is 2.30. The molecule has 10 nitrogen and oxygen atoms in total. The molecular formula is C21H24BrN7O3. The van der Waals surface area contributed by atoms with Crippen molar-refractivity contribution in [2.45, 2.75) is 12.6 Å². The number of likely N-dealkylation sites (tertiary alicyclic amines) is 1. The Bertz CT molecular complexity index is 1120. The summed E-state index contributed by atoms with van der Waals surface area (Å²) in [7, 11) is 0. The number of aliphatic imine (C=N–C) groups is 1. The molecule has 2 aliphatic heterocycles. The second kappa shape index (κ2) is 9.13. The highest BCUT2D eigenvalue weighted by molar-refractivity contribution is 9.10. The number of hydrazine groups is 1. The largest absolute Gasteiger partial charge is 0.348 e. The molecule has 0 unspecified atom stereocenters. The Morgan fingerprint density at radius 3 is 2.78 bits per heavy atom. The second-order valence-electron chi connectivity index (χ2n) is 7.74. The predicted molar refractivity (Wildman–Crippen MR) is 124 cm³/mol. The van der Waals surface area contributed by atoms with Gasteiger partial charge in [0.25, 0.3) is 5.91 Å². The first-order valence-corrected chi connectivity index (χ1v) is 11.0. The van der Waals surface area contributed by atoms with Gasteiger partial charge in [0.15, 0.2) is 0 Å². The van der Waals surface area contributed by atoms with Crippen LogP contribution in [0.3, 0.4) is 0 Å². The topological polar surface area (TPSA) is 125 Å². The molecule has 3 amide bonds. The van der Waals surface area contributed by atoms with Crippen LogP contribution in [0.5, 0.6) is 0 Å². The van der Waals surface area contributed by atoms with Crippen LogP contribution in [-0.4, -0.2) is 76.7 Å². The molecule has 0 aliphatic carbocycles. The lowest BCUT2D eigenvalue weighted by Gasteiger charge is -2.38. The summed E-state index contributed by atoms with van der Waals surface area (Å²) in [6, 6.07) is 5.54. The van der Waals surface area contributed by atoms with Crippen LogP contribution >= 0.6 is 15.9 Å². The molecule has 2 aliphatic rings. The Morgan fingerprint density at radius 1 is 1.28 bits per heavy atom. The minimum Gasteiger partial charge on any atom is -0.348 e. The zero-order chi connectivity index (χ0) is 22.8. The third kappa shape index (κ3) is 4.39. The van der Waals surface area contributed by atoms with Crippen molar-refractivity contribution >= 4 is 50.4 Å². The first-order valence-electron chi connectivity index (χ1n) is 10.2. The maximum absolute atomic E-state index is 13.3. The lowest BCUT2D eigenvalue weighted by atomic mass is 10.1. The van der Waals surface area contributed by atoms with Gasteiger partial charge < -0.3 is 25.1 Å². The van der Waals surface area contributed by atoms with Crippen molar-refractivity contribution in [1.29, 1.82) is 0 Å². The van der Waals surface area contributed by atoms with Crippen LogP contribution in [-0.2, 0) is 16.1 Å². The van der Waals surface area contributed by atoms with Crippen LogP contribution in [0, 0.1) is 0 Å². The molecule has 11 heteroatoms. The van der Waals surface area contributed by atoms with Gasteiger partial charge in [-0.25, -0.2) is 5.84 Å². The molecule has 168 valence electrons. The molecule has 1 aromatic carbocycles. The van der Waals surface area contributed by atoms with Gasteiger partial charge in [-0.3, -0.25) is 19.4 Å². The van der Waals surface area contributed by atoms with Gasteiger partial charge in [0.2, 0.25) is 11.8 Å². The molecule has 1 aromatic heterocycles. The van der Waals surface area contributed by atoms with Gasteiger partial charge in [0.05, 0.1) is 24.7 Å². The first-order chi connectivity index (χ1) is 15.4. The number of hydrogen-bond donors (Lipinski definition) is 3. The van der Waals surface area contributed by atoms with E-state index < -0.39 is 0 Å². The number of hydrogen-bond acceptors (Lipinski definition) is 6. The van der Waals surface area contributed by atoms with E-state index in [4.69, 9.17) is 5.84 Å². The maximum atomic E-state index is 13.3. The van der Waals surface area contributed by atoms with E-state index in [9.17, 15) is 14.4 Å². The van der Waals surface area contributed by atoms with Gasteiger partial charge in [-0.05, 0) is 24.3 Å². The normalized spacial score (nSPS) is 16.4. The van der Waals surface area contributed by atoms with Gasteiger partial charge in [-0.15, -0.1) is 0 Å². The highest BCUT2D eigenvalue weighted by Crippen LogP contribution is 2.27. The molecule has 0 saturated carbocycles. The summed E-state index contributed by atoms with van der Waals surface area (Å²) in [5.74, 6) is 5.55. The maximum Gasteiger partial charge on any atom is 0.256 e.